The summed E-state index contributed by atoms with van der Waals surface area (Å²) in [5, 5.41) is 17.6. The van der Waals surface area contributed by atoms with Crippen molar-refractivity contribution in [2.75, 3.05) is 5.32 Å². The predicted molar refractivity (Wildman–Crippen MR) is 71.3 cm³/mol. The van der Waals surface area contributed by atoms with Crippen LogP contribution in [0.25, 0.3) is 0 Å². The SMILES string of the molecule is CC(C)Cc1nnc(NC(=O)c2ccc(=O)[nH]n2)s1. The number of aromatic nitrogens is 4. The fraction of sp³-hybridized carbons (Fsp3) is 0.364. The quantitative estimate of drug-likeness (QED) is 0.872. The number of anilines is 1. The molecule has 2 rings (SSSR count). The van der Waals surface area contributed by atoms with Crippen molar-refractivity contribution in [3.05, 3.63) is 33.2 Å². The number of amides is 1. The number of H-pyrrole nitrogens is 1. The summed E-state index contributed by atoms with van der Waals surface area (Å²) in [5.41, 5.74) is -0.230. The molecule has 7 nitrogen and oxygen atoms in total. The second-order valence-corrected chi connectivity index (χ2v) is 5.42. The second-order valence-electron chi connectivity index (χ2n) is 4.36. The summed E-state index contributed by atoms with van der Waals surface area (Å²) in [6.07, 6.45) is 0.824. The molecule has 0 saturated carbocycles. The summed E-state index contributed by atoms with van der Waals surface area (Å²) in [6.45, 7) is 4.17. The van der Waals surface area contributed by atoms with E-state index in [2.05, 4.69) is 39.6 Å². The molecule has 0 aliphatic carbocycles. The zero-order valence-electron chi connectivity index (χ0n) is 10.5. The molecule has 0 aromatic carbocycles. The summed E-state index contributed by atoms with van der Waals surface area (Å²) in [6, 6.07) is 2.59. The minimum Gasteiger partial charge on any atom is -0.295 e. The Bertz CT molecular complexity index is 614. The topological polar surface area (TPSA) is 101 Å². The van der Waals surface area contributed by atoms with Crippen LogP contribution in [-0.4, -0.2) is 26.3 Å². The standard InChI is InChI=1S/C11H13N5O2S/c1-6(2)5-9-15-16-11(19-9)12-10(18)7-3-4-8(17)14-13-7/h3-4,6H,5H2,1-2H3,(H,14,17)(H,12,16,18). The number of aromatic amines is 1. The zero-order valence-corrected chi connectivity index (χ0v) is 11.3. The van der Waals surface area contributed by atoms with E-state index in [1.165, 1.54) is 23.5 Å². The third-order valence-corrected chi connectivity index (χ3v) is 3.04. The highest BCUT2D eigenvalue weighted by Gasteiger charge is 2.12. The van der Waals surface area contributed by atoms with E-state index < -0.39 is 5.91 Å². The van der Waals surface area contributed by atoms with Gasteiger partial charge in [0.15, 0.2) is 0 Å². The molecule has 0 atom stereocenters. The molecule has 0 radical (unpaired) electrons. The summed E-state index contributed by atoms with van der Waals surface area (Å²) < 4.78 is 0. The van der Waals surface area contributed by atoms with Crippen molar-refractivity contribution in [2.45, 2.75) is 20.3 Å². The van der Waals surface area contributed by atoms with Crippen LogP contribution in [0.1, 0.15) is 29.3 Å². The number of nitrogens with one attached hydrogen (secondary N) is 2. The molecule has 100 valence electrons. The highest BCUT2D eigenvalue weighted by molar-refractivity contribution is 7.15. The fourth-order valence-electron chi connectivity index (χ4n) is 1.37. The molecule has 2 heterocycles. The number of hydrogen-bond acceptors (Lipinski definition) is 6. The van der Waals surface area contributed by atoms with Crippen molar-refractivity contribution in [3.8, 4) is 0 Å². The minimum absolute atomic E-state index is 0.125. The summed E-state index contributed by atoms with van der Waals surface area (Å²) >= 11 is 1.33. The average Bonchev–Trinajstić information content (AvgIpc) is 2.76. The Labute approximate surface area is 113 Å². The van der Waals surface area contributed by atoms with Crippen molar-refractivity contribution in [2.24, 2.45) is 5.92 Å². The predicted octanol–water partition coefficient (Wildman–Crippen LogP) is 1.07. The molecule has 0 bridgehead atoms. The third-order valence-electron chi connectivity index (χ3n) is 2.18. The molecule has 0 unspecified atom stereocenters. The molecule has 8 heteroatoms. The van der Waals surface area contributed by atoms with Gasteiger partial charge in [0, 0.05) is 12.5 Å². The average molecular weight is 279 g/mol. The Morgan fingerprint density at radius 1 is 1.42 bits per heavy atom. The largest absolute Gasteiger partial charge is 0.295 e. The Kier molecular flexibility index (Phi) is 4.00. The van der Waals surface area contributed by atoms with Crippen molar-refractivity contribution in [3.63, 3.8) is 0 Å². The Morgan fingerprint density at radius 3 is 2.84 bits per heavy atom. The van der Waals surface area contributed by atoms with E-state index in [1.54, 1.807) is 0 Å². The lowest BCUT2D eigenvalue weighted by atomic mass is 10.1. The highest BCUT2D eigenvalue weighted by Crippen LogP contribution is 2.18. The first-order chi connectivity index (χ1) is 9.04. The van der Waals surface area contributed by atoms with Crippen LogP contribution in [0, 0.1) is 5.92 Å². The van der Waals surface area contributed by atoms with Gasteiger partial charge in [0.05, 0.1) is 0 Å². The number of hydrogen-bond donors (Lipinski definition) is 2. The number of nitrogens with zero attached hydrogens (tertiary/aromatic N) is 3. The van der Waals surface area contributed by atoms with Gasteiger partial charge >= 0.3 is 0 Å². The van der Waals surface area contributed by atoms with Crippen LogP contribution in [0.2, 0.25) is 0 Å². The zero-order chi connectivity index (χ0) is 13.8. The lowest BCUT2D eigenvalue weighted by molar-refractivity contribution is 0.102. The van der Waals surface area contributed by atoms with E-state index in [0.29, 0.717) is 11.0 Å². The molecule has 2 N–H and O–H groups in total. The summed E-state index contributed by atoms with van der Waals surface area (Å²) in [7, 11) is 0. The van der Waals surface area contributed by atoms with Crippen LogP contribution in [0.4, 0.5) is 5.13 Å². The van der Waals surface area contributed by atoms with Gasteiger partial charge in [0.2, 0.25) is 5.13 Å². The normalized spacial score (nSPS) is 10.7. The van der Waals surface area contributed by atoms with Crippen molar-refractivity contribution in [1.29, 1.82) is 0 Å². The maximum absolute atomic E-state index is 11.8. The van der Waals surface area contributed by atoms with Crippen molar-refractivity contribution >= 4 is 22.4 Å². The van der Waals surface area contributed by atoms with Crippen LogP contribution in [0.15, 0.2) is 16.9 Å². The first-order valence-electron chi connectivity index (χ1n) is 5.74. The lowest BCUT2D eigenvalue weighted by Gasteiger charge is -1.99. The van der Waals surface area contributed by atoms with Crippen molar-refractivity contribution < 1.29 is 4.79 Å². The van der Waals surface area contributed by atoms with Gasteiger partial charge in [0.1, 0.15) is 10.7 Å². The molecule has 0 aliphatic rings. The Morgan fingerprint density at radius 2 is 2.21 bits per heavy atom. The highest BCUT2D eigenvalue weighted by atomic mass is 32.1. The van der Waals surface area contributed by atoms with Gasteiger partial charge in [-0.1, -0.05) is 25.2 Å². The van der Waals surface area contributed by atoms with Crippen LogP contribution >= 0.6 is 11.3 Å². The van der Waals surface area contributed by atoms with E-state index in [9.17, 15) is 9.59 Å². The van der Waals surface area contributed by atoms with Crippen molar-refractivity contribution in [1.82, 2.24) is 20.4 Å². The molecule has 0 spiro atoms. The molecule has 0 saturated heterocycles. The van der Waals surface area contributed by atoms with Gasteiger partial charge in [-0.3, -0.25) is 14.9 Å². The van der Waals surface area contributed by atoms with Gasteiger partial charge in [-0.2, -0.15) is 5.10 Å². The van der Waals surface area contributed by atoms with E-state index in [4.69, 9.17) is 0 Å². The first-order valence-corrected chi connectivity index (χ1v) is 6.55. The van der Waals surface area contributed by atoms with Gasteiger partial charge in [0.25, 0.3) is 11.5 Å². The first kappa shape index (κ1) is 13.3. The minimum atomic E-state index is -0.427. The Balaban J connectivity index is 2.04. The lowest BCUT2D eigenvalue weighted by Crippen LogP contribution is -2.17. The van der Waals surface area contributed by atoms with E-state index in [-0.39, 0.29) is 11.3 Å². The monoisotopic (exact) mass is 279 g/mol. The van der Waals surface area contributed by atoms with Gasteiger partial charge in [-0.15, -0.1) is 10.2 Å². The fourth-order valence-corrected chi connectivity index (χ4v) is 2.31. The van der Waals surface area contributed by atoms with Gasteiger partial charge in [-0.25, -0.2) is 5.10 Å². The number of rotatable bonds is 4. The van der Waals surface area contributed by atoms with Gasteiger partial charge < -0.3 is 0 Å². The second kappa shape index (κ2) is 5.70. The third kappa shape index (κ3) is 3.68. The molecule has 0 aliphatic heterocycles. The van der Waals surface area contributed by atoms with Crippen LogP contribution in [0.3, 0.4) is 0 Å². The summed E-state index contributed by atoms with van der Waals surface area (Å²) in [4.78, 5) is 22.6. The van der Waals surface area contributed by atoms with E-state index >= 15 is 0 Å². The maximum atomic E-state index is 11.8. The van der Waals surface area contributed by atoms with E-state index in [0.717, 1.165) is 11.4 Å². The van der Waals surface area contributed by atoms with Gasteiger partial charge in [-0.05, 0) is 12.0 Å². The number of carbonyl (C=O) groups is 1. The van der Waals surface area contributed by atoms with Crippen LogP contribution < -0.4 is 10.9 Å². The maximum Gasteiger partial charge on any atom is 0.277 e. The Hall–Kier alpha value is -2.09. The summed E-state index contributed by atoms with van der Waals surface area (Å²) in [5.74, 6) is 0.0564. The molecular weight excluding hydrogens is 266 g/mol. The molecule has 2 aromatic heterocycles. The smallest absolute Gasteiger partial charge is 0.277 e. The molecular formula is C11H13N5O2S. The molecule has 0 fully saturated rings. The molecule has 1 amide bonds. The molecule has 19 heavy (non-hydrogen) atoms. The van der Waals surface area contributed by atoms with E-state index in [1.807, 2.05) is 0 Å². The van der Waals surface area contributed by atoms with Crippen LogP contribution in [-0.2, 0) is 6.42 Å². The molecule has 2 aromatic rings. The number of carbonyl (C=O) groups excluding carboxylic acids is 1. The van der Waals surface area contributed by atoms with Crippen LogP contribution in [0.5, 0.6) is 0 Å².